The summed E-state index contributed by atoms with van der Waals surface area (Å²) in [5.74, 6) is 0. The summed E-state index contributed by atoms with van der Waals surface area (Å²) < 4.78 is 3.45. The monoisotopic (exact) mass is 352 g/mol. The molecule has 0 nitrogen and oxygen atoms in total. The Morgan fingerprint density at radius 3 is 1.47 bits per heavy atom. The first-order valence-corrected chi connectivity index (χ1v) is 13.5. The molecule has 0 atom stereocenters. The molecule has 2 aromatic carbocycles. The zero-order chi connectivity index (χ0) is 11.9. The molecule has 2 rings (SSSR count). The van der Waals surface area contributed by atoms with E-state index in [4.69, 9.17) is 11.6 Å². The molecule has 0 N–H and O–H groups in total. The molecule has 0 amide bonds. The van der Waals surface area contributed by atoms with Crippen molar-refractivity contribution in [1.29, 1.82) is 0 Å². The van der Waals surface area contributed by atoms with Gasteiger partial charge in [0.05, 0.1) is 0 Å². The van der Waals surface area contributed by atoms with Crippen LogP contribution < -0.4 is 0 Å². The third-order valence-electron chi connectivity index (χ3n) is 2.95. The Balaban J connectivity index is 1.98. The molecule has 0 spiro atoms. The van der Waals surface area contributed by atoms with Crippen LogP contribution in [-0.4, -0.2) is 23.7 Å². The van der Waals surface area contributed by atoms with E-state index in [-0.39, 0.29) is 0 Å². The Bertz CT molecular complexity index is 386. The molecular weight excluding hydrogens is 334 g/mol. The number of rotatable bonds is 5. The Morgan fingerprint density at radius 2 is 1.12 bits per heavy atom. The first kappa shape index (κ1) is 13.0. The molecule has 0 aliphatic rings. The van der Waals surface area contributed by atoms with Crippen LogP contribution >= 0.6 is 11.6 Å². The Labute approximate surface area is 115 Å². The Hall–Kier alpha value is -0.471. The van der Waals surface area contributed by atoms with E-state index in [9.17, 15) is 0 Å². The van der Waals surface area contributed by atoms with E-state index in [2.05, 4.69) is 60.7 Å². The minimum atomic E-state index is -1.63. The minimum absolute atomic E-state index is 0.922. The number of alkyl halides is 1. The SMILES string of the molecule is Cl[CH2][SnH]([CH2]c1ccccc1)[CH2]c1ccccc1. The Morgan fingerprint density at radius 1 is 0.706 bits per heavy atom. The molecule has 0 heterocycles. The maximum absolute atomic E-state index is 6.16. The second-order valence-corrected chi connectivity index (χ2v) is 14.6. The molecule has 0 saturated carbocycles. The molecule has 0 aromatic heterocycles. The third kappa shape index (κ3) is 4.36. The van der Waals surface area contributed by atoms with Gasteiger partial charge in [-0.15, -0.1) is 0 Å². The van der Waals surface area contributed by atoms with Gasteiger partial charge in [0.1, 0.15) is 0 Å². The number of benzene rings is 2. The fourth-order valence-corrected chi connectivity index (χ4v) is 9.93. The first-order chi connectivity index (χ1) is 8.38. The van der Waals surface area contributed by atoms with Gasteiger partial charge in [-0.3, -0.25) is 0 Å². The fourth-order valence-electron chi connectivity index (χ4n) is 2.08. The van der Waals surface area contributed by atoms with Crippen molar-refractivity contribution in [3.05, 3.63) is 71.8 Å². The van der Waals surface area contributed by atoms with Crippen LogP contribution in [0.1, 0.15) is 11.1 Å². The molecule has 0 aliphatic carbocycles. The Kier molecular flexibility index (Phi) is 5.40. The molecule has 2 heteroatoms. The van der Waals surface area contributed by atoms with E-state index in [0.717, 1.165) is 3.90 Å². The van der Waals surface area contributed by atoms with Crippen LogP contribution in [-0.2, 0) is 8.87 Å². The summed E-state index contributed by atoms with van der Waals surface area (Å²) in [7, 11) is 0. The maximum atomic E-state index is 6.16. The summed E-state index contributed by atoms with van der Waals surface area (Å²) in [5.41, 5.74) is 2.93. The summed E-state index contributed by atoms with van der Waals surface area (Å²) in [4.78, 5) is 0. The summed E-state index contributed by atoms with van der Waals surface area (Å²) >= 11 is 4.53. The van der Waals surface area contributed by atoms with E-state index >= 15 is 0 Å². The average molecular weight is 351 g/mol. The molecule has 0 unspecified atom stereocenters. The van der Waals surface area contributed by atoms with Crippen LogP contribution in [0, 0.1) is 0 Å². The van der Waals surface area contributed by atoms with Crippen LogP contribution in [0.2, 0.25) is 0 Å². The van der Waals surface area contributed by atoms with Crippen molar-refractivity contribution in [2.24, 2.45) is 0 Å². The summed E-state index contributed by atoms with van der Waals surface area (Å²) in [5, 5.41) is 0. The van der Waals surface area contributed by atoms with Crippen molar-refractivity contribution in [2.45, 2.75) is 8.87 Å². The van der Waals surface area contributed by atoms with Crippen LogP contribution in [0.15, 0.2) is 60.7 Å². The van der Waals surface area contributed by atoms with E-state index in [0.29, 0.717) is 0 Å². The molecule has 2 aromatic rings. The van der Waals surface area contributed by atoms with Crippen LogP contribution in [0.4, 0.5) is 0 Å². The number of hydrogen-bond acceptors (Lipinski definition) is 0. The van der Waals surface area contributed by atoms with Crippen LogP contribution in [0.25, 0.3) is 0 Å². The van der Waals surface area contributed by atoms with Gasteiger partial charge in [-0.2, -0.15) is 0 Å². The molecule has 0 radical (unpaired) electrons. The van der Waals surface area contributed by atoms with Gasteiger partial charge in [0.25, 0.3) is 0 Å². The van der Waals surface area contributed by atoms with Crippen molar-refractivity contribution in [1.82, 2.24) is 0 Å². The second kappa shape index (κ2) is 7.07. The first-order valence-electron chi connectivity index (χ1n) is 6.02. The van der Waals surface area contributed by atoms with Gasteiger partial charge < -0.3 is 0 Å². The fraction of sp³-hybridized carbons (Fsp3) is 0.200. The molecule has 0 saturated heterocycles. The topological polar surface area (TPSA) is 0 Å². The van der Waals surface area contributed by atoms with E-state index in [1.165, 1.54) is 20.0 Å². The zero-order valence-corrected chi connectivity index (χ0v) is 13.9. The van der Waals surface area contributed by atoms with Gasteiger partial charge in [0, 0.05) is 0 Å². The number of hydrogen-bond donors (Lipinski definition) is 0. The molecule has 0 aliphatic heterocycles. The molecule has 0 fully saturated rings. The summed E-state index contributed by atoms with van der Waals surface area (Å²) in [6, 6.07) is 21.5. The van der Waals surface area contributed by atoms with E-state index < -0.39 is 19.8 Å². The van der Waals surface area contributed by atoms with Crippen molar-refractivity contribution >= 4 is 31.4 Å². The zero-order valence-electron chi connectivity index (χ0n) is 9.85. The van der Waals surface area contributed by atoms with Gasteiger partial charge in [-0.05, 0) is 0 Å². The van der Waals surface area contributed by atoms with Gasteiger partial charge in [0.2, 0.25) is 0 Å². The third-order valence-corrected chi connectivity index (χ3v) is 13.1. The second-order valence-electron chi connectivity index (χ2n) is 4.40. The predicted molar refractivity (Wildman–Crippen MR) is 78.2 cm³/mol. The summed E-state index contributed by atoms with van der Waals surface area (Å²) in [6.07, 6.45) is 0. The average Bonchev–Trinajstić information content (AvgIpc) is 2.40. The van der Waals surface area contributed by atoms with Crippen molar-refractivity contribution in [3.63, 3.8) is 0 Å². The van der Waals surface area contributed by atoms with Gasteiger partial charge in [-0.1, -0.05) is 0 Å². The quantitative estimate of drug-likeness (QED) is 0.571. The van der Waals surface area contributed by atoms with Crippen LogP contribution in [0.3, 0.4) is 0 Å². The summed E-state index contributed by atoms with van der Waals surface area (Å²) in [6.45, 7) is 0. The van der Waals surface area contributed by atoms with E-state index in [1.807, 2.05) is 0 Å². The molecule has 17 heavy (non-hydrogen) atoms. The number of halogens is 1. The normalized spacial score (nSPS) is 10.7. The molecule has 0 bridgehead atoms. The van der Waals surface area contributed by atoms with Crippen LogP contribution in [0.5, 0.6) is 0 Å². The predicted octanol–water partition coefficient (Wildman–Crippen LogP) is 3.56. The van der Waals surface area contributed by atoms with Crippen molar-refractivity contribution in [2.75, 3.05) is 3.90 Å². The molecule has 88 valence electrons. The van der Waals surface area contributed by atoms with E-state index in [1.54, 1.807) is 0 Å². The van der Waals surface area contributed by atoms with Crippen molar-refractivity contribution < 1.29 is 0 Å². The van der Waals surface area contributed by atoms with Crippen molar-refractivity contribution in [3.8, 4) is 0 Å². The standard InChI is InChI=1S/2C7H7.CH2Cl.Sn.H/c2*1-7-5-3-2-4-6-7;1-2;;/h2*2-6H,1H2;1H2;;. The molecular formula is C15H17ClSn. The van der Waals surface area contributed by atoms with Gasteiger partial charge >= 0.3 is 116 Å². The van der Waals surface area contributed by atoms with Gasteiger partial charge in [-0.25, -0.2) is 0 Å². The van der Waals surface area contributed by atoms with Gasteiger partial charge in [0.15, 0.2) is 0 Å².